The first-order valence-corrected chi connectivity index (χ1v) is 7.48. The van der Waals surface area contributed by atoms with E-state index in [-0.39, 0.29) is 11.9 Å². The molecule has 22 heavy (non-hydrogen) atoms. The van der Waals surface area contributed by atoms with E-state index in [4.69, 9.17) is 17.2 Å². The summed E-state index contributed by atoms with van der Waals surface area (Å²) in [4.78, 5) is 0. The Morgan fingerprint density at radius 2 is 1.73 bits per heavy atom. The average molecular weight is 307 g/mol. The standard InChI is InChI=1S/C9H12FN.C9H18N2/c1-6-5-8(10)3-4-9(6)7(2)11;1-6(2)9(11)8(4)7(3)5-10/h3-5,7H,11H2,1-2H3;5-6H,10-11H2,1-4H3/b;7-5+,9-8-. The SMILES string of the molecule is CC(=C(/N)C(C)C)/C(C)=C/N.Cc1cc(F)ccc1C(C)N. The molecule has 0 amide bonds. The lowest BCUT2D eigenvalue weighted by atomic mass is 10.0. The van der Waals surface area contributed by atoms with Gasteiger partial charge in [-0.2, -0.15) is 0 Å². The smallest absolute Gasteiger partial charge is 0.123 e. The maximum absolute atomic E-state index is 12.6. The van der Waals surface area contributed by atoms with Crippen molar-refractivity contribution in [2.75, 3.05) is 0 Å². The molecule has 0 aliphatic heterocycles. The van der Waals surface area contributed by atoms with E-state index in [9.17, 15) is 4.39 Å². The number of allylic oxidation sites excluding steroid dienone is 3. The van der Waals surface area contributed by atoms with Gasteiger partial charge < -0.3 is 17.2 Å². The van der Waals surface area contributed by atoms with Crippen molar-refractivity contribution >= 4 is 0 Å². The van der Waals surface area contributed by atoms with Gasteiger partial charge in [0, 0.05) is 11.7 Å². The highest BCUT2D eigenvalue weighted by atomic mass is 19.1. The number of hydrogen-bond donors (Lipinski definition) is 3. The lowest BCUT2D eigenvalue weighted by Gasteiger charge is -2.10. The Kier molecular flexibility index (Phi) is 8.50. The zero-order chi connectivity index (χ0) is 17.4. The van der Waals surface area contributed by atoms with Gasteiger partial charge in [-0.15, -0.1) is 0 Å². The van der Waals surface area contributed by atoms with Crippen LogP contribution in [0, 0.1) is 18.7 Å². The number of halogens is 1. The fraction of sp³-hybridized carbons (Fsp3) is 0.444. The second-order valence-corrected chi connectivity index (χ2v) is 5.87. The number of hydrogen-bond acceptors (Lipinski definition) is 3. The molecule has 1 atom stereocenters. The summed E-state index contributed by atoms with van der Waals surface area (Å²) < 4.78 is 12.6. The van der Waals surface area contributed by atoms with E-state index in [1.807, 2.05) is 27.7 Å². The quantitative estimate of drug-likeness (QED) is 0.741. The molecule has 1 aromatic rings. The minimum atomic E-state index is -0.202. The van der Waals surface area contributed by atoms with E-state index in [0.29, 0.717) is 5.92 Å². The zero-order valence-corrected chi connectivity index (χ0v) is 14.6. The molecule has 1 aromatic carbocycles. The second kappa shape index (κ2) is 9.26. The minimum absolute atomic E-state index is 0.0180. The summed E-state index contributed by atoms with van der Waals surface area (Å²) in [5.74, 6) is 0.191. The summed E-state index contributed by atoms with van der Waals surface area (Å²) in [6.07, 6.45) is 1.59. The van der Waals surface area contributed by atoms with Crippen molar-refractivity contribution in [3.63, 3.8) is 0 Å². The van der Waals surface area contributed by atoms with Gasteiger partial charge in [-0.25, -0.2) is 4.39 Å². The van der Waals surface area contributed by atoms with Crippen molar-refractivity contribution in [2.45, 2.75) is 47.6 Å². The monoisotopic (exact) mass is 307 g/mol. The van der Waals surface area contributed by atoms with Crippen molar-refractivity contribution < 1.29 is 4.39 Å². The van der Waals surface area contributed by atoms with E-state index in [0.717, 1.165) is 28.0 Å². The van der Waals surface area contributed by atoms with Crippen LogP contribution in [0.1, 0.15) is 51.8 Å². The summed E-state index contributed by atoms with van der Waals surface area (Å²) in [6, 6.07) is 4.65. The topological polar surface area (TPSA) is 78.1 Å². The molecule has 0 spiro atoms. The number of benzene rings is 1. The molecule has 0 saturated heterocycles. The normalized spacial score (nSPS) is 14.1. The third-order valence-corrected chi connectivity index (χ3v) is 3.62. The van der Waals surface area contributed by atoms with Gasteiger partial charge >= 0.3 is 0 Å². The van der Waals surface area contributed by atoms with Crippen molar-refractivity contribution in [3.05, 3.63) is 58.2 Å². The molecule has 0 heterocycles. The van der Waals surface area contributed by atoms with E-state index >= 15 is 0 Å². The van der Waals surface area contributed by atoms with E-state index in [1.54, 1.807) is 12.3 Å². The molecule has 0 aliphatic rings. The Morgan fingerprint density at radius 3 is 2.09 bits per heavy atom. The van der Waals surface area contributed by atoms with Crippen LogP contribution in [0.2, 0.25) is 0 Å². The van der Waals surface area contributed by atoms with Gasteiger partial charge in [0.1, 0.15) is 5.82 Å². The van der Waals surface area contributed by atoms with E-state index in [2.05, 4.69) is 13.8 Å². The molecule has 0 saturated carbocycles. The molecule has 0 aliphatic carbocycles. The van der Waals surface area contributed by atoms with Gasteiger partial charge in [0.15, 0.2) is 0 Å². The van der Waals surface area contributed by atoms with Crippen molar-refractivity contribution in [1.82, 2.24) is 0 Å². The van der Waals surface area contributed by atoms with Gasteiger partial charge in [-0.3, -0.25) is 0 Å². The van der Waals surface area contributed by atoms with Crippen LogP contribution in [0.3, 0.4) is 0 Å². The van der Waals surface area contributed by atoms with Crippen LogP contribution in [-0.4, -0.2) is 0 Å². The molecule has 124 valence electrons. The second-order valence-electron chi connectivity index (χ2n) is 5.87. The average Bonchev–Trinajstić information content (AvgIpc) is 2.44. The van der Waals surface area contributed by atoms with E-state index < -0.39 is 0 Å². The zero-order valence-electron chi connectivity index (χ0n) is 14.6. The third-order valence-electron chi connectivity index (χ3n) is 3.62. The Balaban J connectivity index is 0.000000401. The Hall–Kier alpha value is -1.81. The van der Waals surface area contributed by atoms with Crippen LogP contribution in [0.5, 0.6) is 0 Å². The van der Waals surface area contributed by atoms with Gasteiger partial charge in [-0.05, 0) is 74.2 Å². The highest BCUT2D eigenvalue weighted by Crippen LogP contribution is 2.16. The van der Waals surface area contributed by atoms with Gasteiger partial charge in [0.25, 0.3) is 0 Å². The van der Waals surface area contributed by atoms with Crippen molar-refractivity contribution in [1.29, 1.82) is 0 Å². The lowest BCUT2D eigenvalue weighted by Crippen LogP contribution is -2.08. The summed E-state index contributed by atoms with van der Waals surface area (Å²) in [6.45, 7) is 11.9. The Bertz CT molecular complexity index is 543. The number of nitrogens with two attached hydrogens (primary N) is 3. The highest BCUT2D eigenvalue weighted by molar-refractivity contribution is 5.30. The van der Waals surface area contributed by atoms with Crippen LogP contribution in [0.25, 0.3) is 0 Å². The number of rotatable bonds is 3. The van der Waals surface area contributed by atoms with E-state index in [1.165, 1.54) is 12.1 Å². The van der Waals surface area contributed by atoms with Crippen LogP contribution in [0.15, 0.2) is 41.2 Å². The van der Waals surface area contributed by atoms with Crippen LogP contribution >= 0.6 is 0 Å². The molecule has 1 rings (SSSR count). The van der Waals surface area contributed by atoms with Gasteiger partial charge in [-0.1, -0.05) is 19.9 Å². The molecular weight excluding hydrogens is 277 g/mol. The predicted molar refractivity (Wildman–Crippen MR) is 93.4 cm³/mol. The summed E-state index contributed by atoms with van der Waals surface area (Å²) in [7, 11) is 0. The Labute approximate surface area is 134 Å². The first kappa shape index (κ1) is 20.2. The fourth-order valence-corrected chi connectivity index (χ4v) is 1.94. The maximum Gasteiger partial charge on any atom is 0.123 e. The van der Waals surface area contributed by atoms with Crippen LogP contribution in [0.4, 0.5) is 4.39 Å². The first-order valence-electron chi connectivity index (χ1n) is 7.48. The van der Waals surface area contributed by atoms with Gasteiger partial charge in [0.2, 0.25) is 0 Å². The maximum atomic E-state index is 12.6. The minimum Gasteiger partial charge on any atom is -0.404 e. The predicted octanol–water partition coefficient (Wildman–Crippen LogP) is 3.89. The molecule has 1 unspecified atom stereocenters. The summed E-state index contributed by atoms with van der Waals surface area (Å²) in [5.41, 5.74) is 21.8. The lowest BCUT2D eigenvalue weighted by molar-refractivity contribution is 0.624. The van der Waals surface area contributed by atoms with Gasteiger partial charge in [0.05, 0.1) is 0 Å². The molecule has 0 aromatic heterocycles. The molecular formula is C18H30FN3. The summed E-state index contributed by atoms with van der Waals surface area (Å²) in [5, 5.41) is 0. The largest absolute Gasteiger partial charge is 0.404 e. The molecule has 0 fully saturated rings. The van der Waals surface area contributed by atoms with Crippen LogP contribution < -0.4 is 17.2 Å². The molecule has 0 bridgehead atoms. The Morgan fingerprint density at radius 1 is 1.18 bits per heavy atom. The van der Waals surface area contributed by atoms with Crippen molar-refractivity contribution in [2.24, 2.45) is 23.1 Å². The van der Waals surface area contributed by atoms with Crippen molar-refractivity contribution in [3.8, 4) is 0 Å². The summed E-state index contributed by atoms with van der Waals surface area (Å²) >= 11 is 0. The molecule has 6 N–H and O–H groups in total. The fourth-order valence-electron chi connectivity index (χ4n) is 1.94. The number of aryl methyl sites for hydroxylation is 1. The van der Waals surface area contributed by atoms with Crippen LogP contribution in [-0.2, 0) is 0 Å². The molecule has 4 heteroatoms. The molecule has 3 nitrogen and oxygen atoms in total. The highest BCUT2D eigenvalue weighted by Gasteiger charge is 2.03. The third kappa shape index (κ3) is 6.31. The molecule has 0 radical (unpaired) electrons. The first-order chi connectivity index (χ1) is 10.1.